The third-order valence-electron chi connectivity index (χ3n) is 3.29. The Kier molecular flexibility index (Phi) is 3.32. The quantitative estimate of drug-likeness (QED) is 0.803. The van der Waals surface area contributed by atoms with Crippen molar-refractivity contribution in [1.29, 1.82) is 0 Å². The lowest BCUT2D eigenvalue weighted by Crippen LogP contribution is -2.08. The molecule has 1 aromatic heterocycles. The van der Waals surface area contributed by atoms with Crippen molar-refractivity contribution in [2.24, 2.45) is 0 Å². The van der Waals surface area contributed by atoms with Crippen LogP contribution in [0.2, 0.25) is 0 Å². The summed E-state index contributed by atoms with van der Waals surface area (Å²) in [5, 5.41) is 3.48. The van der Waals surface area contributed by atoms with Gasteiger partial charge in [0.25, 0.3) is 0 Å². The Bertz CT molecular complexity index is 558. The highest BCUT2D eigenvalue weighted by molar-refractivity contribution is 5.63. The second-order valence-electron chi connectivity index (χ2n) is 4.75. The van der Waals surface area contributed by atoms with Crippen LogP contribution in [0.5, 0.6) is 0 Å². The van der Waals surface area contributed by atoms with Gasteiger partial charge in [0.2, 0.25) is 0 Å². The molecular formula is C15H20N2O. The van der Waals surface area contributed by atoms with E-state index < -0.39 is 0 Å². The molecular weight excluding hydrogens is 224 g/mol. The van der Waals surface area contributed by atoms with Crippen molar-refractivity contribution in [3.8, 4) is 0 Å². The van der Waals surface area contributed by atoms with Crippen LogP contribution >= 0.6 is 0 Å². The highest BCUT2D eigenvalue weighted by Gasteiger charge is 2.13. The fourth-order valence-corrected chi connectivity index (χ4v) is 2.20. The number of anilines is 2. The number of nitrogens with two attached hydrogens (primary N) is 1. The van der Waals surface area contributed by atoms with Gasteiger partial charge in [0, 0.05) is 16.9 Å². The standard InChI is InChI=1S/C15H20N2O/c1-9-8-13(12(4)18-9)11(3)17-15-7-5-6-14(16)10(15)2/h5-8,11,17H,16H2,1-4H3. The summed E-state index contributed by atoms with van der Waals surface area (Å²) in [5.41, 5.74) is 10.1. The predicted octanol–water partition coefficient (Wildman–Crippen LogP) is 3.96. The van der Waals surface area contributed by atoms with Gasteiger partial charge in [-0.25, -0.2) is 0 Å². The number of benzene rings is 1. The molecule has 3 nitrogen and oxygen atoms in total. The zero-order valence-electron chi connectivity index (χ0n) is 11.4. The molecule has 3 N–H and O–H groups in total. The van der Waals surface area contributed by atoms with Gasteiger partial charge in [0.15, 0.2) is 0 Å². The number of aryl methyl sites for hydroxylation is 2. The normalized spacial score (nSPS) is 12.4. The summed E-state index contributed by atoms with van der Waals surface area (Å²) in [6, 6.07) is 8.20. The third-order valence-corrected chi connectivity index (χ3v) is 3.29. The van der Waals surface area contributed by atoms with Crippen LogP contribution in [0, 0.1) is 20.8 Å². The van der Waals surface area contributed by atoms with Gasteiger partial charge >= 0.3 is 0 Å². The molecule has 1 atom stereocenters. The van der Waals surface area contributed by atoms with Gasteiger partial charge in [-0.1, -0.05) is 6.07 Å². The summed E-state index contributed by atoms with van der Waals surface area (Å²) < 4.78 is 5.56. The lowest BCUT2D eigenvalue weighted by molar-refractivity contribution is 0.500. The van der Waals surface area contributed by atoms with Gasteiger partial charge in [-0.3, -0.25) is 0 Å². The van der Waals surface area contributed by atoms with E-state index in [0.29, 0.717) is 0 Å². The second kappa shape index (κ2) is 4.77. The first-order valence-corrected chi connectivity index (χ1v) is 6.17. The molecule has 1 heterocycles. The minimum Gasteiger partial charge on any atom is -0.466 e. The molecule has 96 valence electrons. The van der Waals surface area contributed by atoms with E-state index in [2.05, 4.69) is 18.3 Å². The van der Waals surface area contributed by atoms with Crippen LogP contribution in [-0.2, 0) is 0 Å². The molecule has 1 unspecified atom stereocenters. The number of furan rings is 1. The minimum absolute atomic E-state index is 0.197. The molecule has 0 aliphatic carbocycles. The summed E-state index contributed by atoms with van der Waals surface area (Å²) in [6.45, 7) is 8.11. The van der Waals surface area contributed by atoms with Crippen LogP contribution in [0.15, 0.2) is 28.7 Å². The van der Waals surface area contributed by atoms with Crippen molar-refractivity contribution in [3.05, 3.63) is 46.9 Å². The maximum Gasteiger partial charge on any atom is 0.106 e. The first-order valence-electron chi connectivity index (χ1n) is 6.17. The first-order chi connectivity index (χ1) is 8.49. The molecule has 0 saturated carbocycles. The molecule has 2 aromatic rings. The Hall–Kier alpha value is -1.90. The zero-order chi connectivity index (χ0) is 13.3. The molecule has 1 aromatic carbocycles. The molecule has 0 radical (unpaired) electrons. The van der Waals surface area contributed by atoms with E-state index >= 15 is 0 Å². The van der Waals surface area contributed by atoms with Crippen molar-refractivity contribution in [3.63, 3.8) is 0 Å². The molecule has 0 spiro atoms. The highest BCUT2D eigenvalue weighted by atomic mass is 16.3. The van der Waals surface area contributed by atoms with E-state index in [-0.39, 0.29) is 6.04 Å². The van der Waals surface area contributed by atoms with Crippen LogP contribution < -0.4 is 11.1 Å². The average molecular weight is 244 g/mol. The van der Waals surface area contributed by atoms with Crippen molar-refractivity contribution in [2.45, 2.75) is 33.7 Å². The SMILES string of the molecule is Cc1cc(C(C)Nc2cccc(N)c2C)c(C)o1. The molecule has 0 aliphatic rings. The smallest absolute Gasteiger partial charge is 0.106 e. The van der Waals surface area contributed by atoms with Gasteiger partial charge in [0.1, 0.15) is 11.5 Å². The lowest BCUT2D eigenvalue weighted by atomic mass is 10.1. The van der Waals surface area contributed by atoms with Gasteiger partial charge < -0.3 is 15.5 Å². The molecule has 0 amide bonds. The van der Waals surface area contributed by atoms with Gasteiger partial charge in [-0.2, -0.15) is 0 Å². The monoisotopic (exact) mass is 244 g/mol. The maximum absolute atomic E-state index is 5.91. The van der Waals surface area contributed by atoms with Gasteiger partial charge in [-0.05, 0) is 51.5 Å². The van der Waals surface area contributed by atoms with Crippen molar-refractivity contribution >= 4 is 11.4 Å². The van der Waals surface area contributed by atoms with E-state index in [1.54, 1.807) is 0 Å². The Morgan fingerprint density at radius 2 is 1.94 bits per heavy atom. The fraction of sp³-hybridized carbons (Fsp3) is 0.333. The van der Waals surface area contributed by atoms with Gasteiger partial charge in [-0.15, -0.1) is 0 Å². The number of hydrogen-bond donors (Lipinski definition) is 2. The Balaban J connectivity index is 2.24. The summed E-state index contributed by atoms with van der Waals surface area (Å²) in [6.07, 6.45) is 0. The van der Waals surface area contributed by atoms with Crippen LogP contribution in [0.3, 0.4) is 0 Å². The van der Waals surface area contributed by atoms with Crippen LogP contribution in [0.4, 0.5) is 11.4 Å². The minimum atomic E-state index is 0.197. The van der Waals surface area contributed by atoms with E-state index in [1.807, 2.05) is 39.0 Å². The Morgan fingerprint density at radius 3 is 2.56 bits per heavy atom. The highest BCUT2D eigenvalue weighted by Crippen LogP contribution is 2.28. The van der Waals surface area contributed by atoms with E-state index in [0.717, 1.165) is 28.5 Å². The first kappa shape index (κ1) is 12.6. The maximum atomic E-state index is 5.91. The van der Waals surface area contributed by atoms with E-state index in [4.69, 9.17) is 10.2 Å². The zero-order valence-corrected chi connectivity index (χ0v) is 11.4. The molecule has 0 bridgehead atoms. The van der Waals surface area contributed by atoms with Crippen LogP contribution in [0.1, 0.15) is 35.6 Å². The van der Waals surface area contributed by atoms with Crippen molar-refractivity contribution < 1.29 is 4.42 Å². The summed E-state index contributed by atoms with van der Waals surface area (Å²) in [5.74, 6) is 1.91. The molecule has 18 heavy (non-hydrogen) atoms. The van der Waals surface area contributed by atoms with Crippen LogP contribution in [-0.4, -0.2) is 0 Å². The molecule has 0 aliphatic heterocycles. The average Bonchev–Trinajstić information content (AvgIpc) is 2.64. The number of rotatable bonds is 3. The second-order valence-corrected chi connectivity index (χ2v) is 4.75. The molecule has 0 saturated heterocycles. The molecule has 3 heteroatoms. The Labute approximate surface area is 108 Å². The molecule has 2 rings (SSSR count). The number of hydrogen-bond acceptors (Lipinski definition) is 3. The van der Waals surface area contributed by atoms with Crippen LogP contribution in [0.25, 0.3) is 0 Å². The molecule has 0 fully saturated rings. The van der Waals surface area contributed by atoms with Crippen molar-refractivity contribution in [1.82, 2.24) is 0 Å². The topological polar surface area (TPSA) is 51.2 Å². The van der Waals surface area contributed by atoms with Crippen molar-refractivity contribution in [2.75, 3.05) is 11.1 Å². The number of nitrogens with one attached hydrogen (secondary N) is 1. The largest absolute Gasteiger partial charge is 0.466 e. The summed E-state index contributed by atoms with van der Waals surface area (Å²) in [7, 11) is 0. The Morgan fingerprint density at radius 1 is 1.22 bits per heavy atom. The van der Waals surface area contributed by atoms with E-state index in [1.165, 1.54) is 5.56 Å². The summed E-state index contributed by atoms with van der Waals surface area (Å²) >= 11 is 0. The lowest BCUT2D eigenvalue weighted by Gasteiger charge is -2.17. The fourth-order valence-electron chi connectivity index (χ4n) is 2.20. The summed E-state index contributed by atoms with van der Waals surface area (Å²) in [4.78, 5) is 0. The van der Waals surface area contributed by atoms with Gasteiger partial charge in [0.05, 0.1) is 6.04 Å². The van der Waals surface area contributed by atoms with E-state index in [9.17, 15) is 0 Å². The number of nitrogen functional groups attached to an aromatic ring is 1. The third kappa shape index (κ3) is 2.35. The predicted molar refractivity (Wildman–Crippen MR) is 75.8 cm³/mol.